The standard InChI is InChI=1S/C23H19Cl2N3O/c1-28-10-9-26-23(28)22(29)12-16(15-5-3-2-4-6-15)11-18-7-8-19-20(25)13-17(24)14-21(19)27-18/h2-10,13-14,16H,11-12H2,1H3/t16-/m1/s1. The summed E-state index contributed by atoms with van der Waals surface area (Å²) < 4.78 is 1.75. The highest BCUT2D eigenvalue weighted by atomic mass is 35.5. The second-order valence-corrected chi connectivity index (χ2v) is 7.90. The van der Waals surface area contributed by atoms with Crippen molar-refractivity contribution in [3.63, 3.8) is 0 Å². The number of ketones is 1. The lowest BCUT2D eigenvalue weighted by molar-refractivity contribution is 0.0960. The Morgan fingerprint density at radius 3 is 2.62 bits per heavy atom. The molecule has 0 amide bonds. The number of hydrogen-bond acceptors (Lipinski definition) is 3. The van der Waals surface area contributed by atoms with E-state index >= 15 is 0 Å². The van der Waals surface area contributed by atoms with Crippen molar-refractivity contribution in [2.45, 2.75) is 18.8 Å². The third-order valence-electron chi connectivity index (χ3n) is 5.01. The fraction of sp³-hybridized carbons (Fsp3) is 0.174. The fourth-order valence-electron chi connectivity index (χ4n) is 3.55. The first-order valence-electron chi connectivity index (χ1n) is 9.31. The van der Waals surface area contributed by atoms with Gasteiger partial charge in [-0.1, -0.05) is 53.5 Å². The van der Waals surface area contributed by atoms with Gasteiger partial charge in [-0.15, -0.1) is 0 Å². The Bertz CT molecular complexity index is 1170. The van der Waals surface area contributed by atoms with Crippen LogP contribution in [-0.4, -0.2) is 20.3 Å². The van der Waals surface area contributed by atoms with Crippen molar-refractivity contribution in [3.8, 4) is 0 Å². The van der Waals surface area contributed by atoms with Crippen molar-refractivity contribution in [2.75, 3.05) is 0 Å². The van der Waals surface area contributed by atoms with E-state index in [9.17, 15) is 4.79 Å². The van der Waals surface area contributed by atoms with Crippen LogP contribution in [0, 0.1) is 0 Å². The lowest BCUT2D eigenvalue weighted by Crippen LogP contribution is -2.14. The first-order chi connectivity index (χ1) is 14.0. The van der Waals surface area contributed by atoms with E-state index in [1.807, 2.05) is 55.6 Å². The second kappa shape index (κ2) is 8.36. The summed E-state index contributed by atoms with van der Waals surface area (Å²) >= 11 is 12.4. The smallest absolute Gasteiger partial charge is 0.198 e. The van der Waals surface area contributed by atoms with Crippen LogP contribution in [0.25, 0.3) is 10.9 Å². The molecule has 0 aliphatic rings. The largest absolute Gasteiger partial charge is 0.332 e. The van der Waals surface area contributed by atoms with Crippen LogP contribution in [0.5, 0.6) is 0 Å². The maximum atomic E-state index is 12.9. The SMILES string of the molecule is Cn1ccnc1C(=O)C[C@@H](Cc1ccc2c(Cl)cc(Cl)cc2n1)c1ccccc1. The average Bonchev–Trinajstić information content (AvgIpc) is 3.14. The summed E-state index contributed by atoms with van der Waals surface area (Å²) in [7, 11) is 1.83. The monoisotopic (exact) mass is 423 g/mol. The number of aromatic nitrogens is 3. The molecule has 0 fully saturated rings. The maximum absolute atomic E-state index is 12.9. The Balaban J connectivity index is 1.66. The minimum absolute atomic E-state index is 0.0123. The minimum Gasteiger partial charge on any atom is -0.332 e. The van der Waals surface area contributed by atoms with E-state index < -0.39 is 0 Å². The van der Waals surface area contributed by atoms with Crippen LogP contribution in [0.2, 0.25) is 10.0 Å². The van der Waals surface area contributed by atoms with Crippen molar-refractivity contribution in [1.82, 2.24) is 14.5 Å². The molecule has 0 saturated carbocycles. The van der Waals surface area contributed by atoms with Crippen LogP contribution in [0.15, 0.2) is 67.0 Å². The maximum Gasteiger partial charge on any atom is 0.198 e. The highest BCUT2D eigenvalue weighted by molar-refractivity contribution is 6.38. The number of benzene rings is 2. The number of carbonyl (C=O) groups is 1. The molecule has 0 saturated heterocycles. The van der Waals surface area contributed by atoms with Crippen LogP contribution in [-0.2, 0) is 13.5 Å². The molecule has 146 valence electrons. The summed E-state index contributed by atoms with van der Waals surface area (Å²) in [6, 6.07) is 17.5. The Labute approximate surface area is 179 Å². The molecule has 6 heteroatoms. The van der Waals surface area contributed by atoms with Gasteiger partial charge in [0.25, 0.3) is 0 Å². The molecule has 0 bridgehead atoms. The van der Waals surface area contributed by atoms with Crippen molar-refractivity contribution in [1.29, 1.82) is 0 Å². The summed E-state index contributed by atoms with van der Waals surface area (Å²) in [6.45, 7) is 0. The zero-order valence-corrected chi connectivity index (χ0v) is 17.4. The van der Waals surface area contributed by atoms with Crippen molar-refractivity contribution >= 4 is 39.9 Å². The molecule has 0 unspecified atom stereocenters. The fourth-order valence-corrected chi connectivity index (χ4v) is 4.09. The van der Waals surface area contributed by atoms with Gasteiger partial charge < -0.3 is 4.57 Å². The van der Waals surface area contributed by atoms with Gasteiger partial charge in [0.05, 0.1) is 10.5 Å². The predicted molar refractivity (Wildman–Crippen MR) is 117 cm³/mol. The van der Waals surface area contributed by atoms with E-state index in [-0.39, 0.29) is 11.7 Å². The number of aryl methyl sites for hydroxylation is 1. The first-order valence-corrected chi connectivity index (χ1v) is 10.1. The molecule has 2 aromatic carbocycles. The van der Waals surface area contributed by atoms with Gasteiger partial charge >= 0.3 is 0 Å². The van der Waals surface area contributed by atoms with E-state index in [2.05, 4.69) is 4.98 Å². The van der Waals surface area contributed by atoms with Gasteiger partial charge in [-0.3, -0.25) is 9.78 Å². The number of imidazole rings is 1. The van der Waals surface area contributed by atoms with Gasteiger partial charge in [0.15, 0.2) is 11.6 Å². The first kappa shape index (κ1) is 19.6. The normalized spacial score (nSPS) is 12.2. The van der Waals surface area contributed by atoms with Gasteiger partial charge in [0.2, 0.25) is 0 Å². The number of hydrogen-bond donors (Lipinski definition) is 0. The lowest BCUT2D eigenvalue weighted by Gasteiger charge is -2.17. The van der Waals surface area contributed by atoms with Crippen molar-refractivity contribution in [3.05, 3.63) is 94.1 Å². The van der Waals surface area contributed by atoms with E-state index in [1.54, 1.807) is 23.0 Å². The van der Waals surface area contributed by atoms with Crippen LogP contribution in [0.1, 0.15) is 34.2 Å². The number of carbonyl (C=O) groups excluding carboxylic acids is 1. The molecule has 29 heavy (non-hydrogen) atoms. The topological polar surface area (TPSA) is 47.8 Å². The van der Waals surface area contributed by atoms with Crippen molar-refractivity contribution < 1.29 is 4.79 Å². The Morgan fingerprint density at radius 1 is 1.10 bits per heavy atom. The summed E-state index contributed by atoms with van der Waals surface area (Å²) in [4.78, 5) is 21.8. The van der Waals surface area contributed by atoms with Crippen LogP contribution >= 0.6 is 23.2 Å². The minimum atomic E-state index is -0.0139. The van der Waals surface area contributed by atoms with Gasteiger partial charge in [-0.2, -0.15) is 0 Å². The van der Waals surface area contributed by atoms with Gasteiger partial charge in [-0.05, 0) is 42.2 Å². The number of rotatable bonds is 6. The number of nitrogens with zero attached hydrogens (tertiary/aromatic N) is 3. The summed E-state index contributed by atoms with van der Waals surface area (Å²) in [6.07, 6.45) is 4.40. The third-order valence-corrected chi connectivity index (χ3v) is 5.54. The molecular formula is C23H19Cl2N3O. The zero-order chi connectivity index (χ0) is 20.4. The second-order valence-electron chi connectivity index (χ2n) is 7.06. The molecule has 2 heterocycles. The number of pyridine rings is 1. The molecule has 4 rings (SSSR count). The predicted octanol–water partition coefficient (Wildman–Crippen LogP) is 5.87. The molecule has 4 aromatic rings. The quantitative estimate of drug-likeness (QED) is 0.364. The number of fused-ring (bicyclic) bond motifs is 1. The summed E-state index contributed by atoms with van der Waals surface area (Å²) in [5.41, 5.74) is 2.74. The summed E-state index contributed by atoms with van der Waals surface area (Å²) in [5, 5.41) is 1.99. The van der Waals surface area contributed by atoms with E-state index in [1.165, 1.54) is 0 Å². The molecule has 2 aromatic heterocycles. The lowest BCUT2D eigenvalue weighted by atomic mass is 9.89. The molecule has 0 radical (unpaired) electrons. The van der Waals surface area contributed by atoms with Crippen molar-refractivity contribution in [2.24, 2.45) is 7.05 Å². The highest BCUT2D eigenvalue weighted by Gasteiger charge is 2.21. The number of Topliss-reactive ketones (excluding diaryl/α,β-unsaturated/α-hetero) is 1. The molecule has 1 atom stereocenters. The Morgan fingerprint density at radius 2 is 1.90 bits per heavy atom. The molecule has 4 nitrogen and oxygen atoms in total. The van der Waals surface area contributed by atoms with Gasteiger partial charge in [0.1, 0.15) is 0 Å². The molecular weight excluding hydrogens is 405 g/mol. The third kappa shape index (κ3) is 4.34. The van der Waals surface area contributed by atoms with Crippen LogP contribution < -0.4 is 0 Å². The van der Waals surface area contributed by atoms with Gasteiger partial charge in [-0.25, -0.2) is 4.98 Å². The van der Waals surface area contributed by atoms with Crippen LogP contribution in [0.3, 0.4) is 0 Å². The van der Waals surface area contributed by atoms with Gasteiger partial charge in [0, 0.05) is 42.0 Å². The van der Waals surface area contributed by atoms with E-state index in [4.69, 9.17) is 28.2 Å². The Hall–Kier alpha value is -2.69. The molecule has 0 aliphatic heterocycles. The summed E-state index contributed by atoms with van der Waals surface area (Å²) in [5.74, 6) is 0.467. The molecule has 0 aliphatic carbocycles. The Kier molecular flexibility index (Phi) is 5.65. The average molecular weight is 424 g/mol. The molecule has 0 N–H and O–H groups in total. The van der Waals surface area contributed by atoms with E-state index in [0.717, 1.165) is 22.2 Å². The molecule has 0 spiro atoms. The zero-order valence-electron chi connectivity index (χ0n) is 15.8. The van der Waals surface area contributed by atoms with Crippen LogP contribution in [0.4, 0.5) is 0 Å². The number of halogens is 2. The highest BCUT2D eigenvalue weighted by Crippen LogP contribution is 2.29. The van der Waals surface area contributed by atoms with E-state index in [0.29, 0.717) is 28.7 Å².